The Morgan fingerprint density at radius 3 is 2.59 bits per heavy atom. The molecule has 1 aromatic rings. The van der Waals surface area contributed by atoms with Crippen LogP contribution < -0.4 is 0 Å². The molecule has 0 fully saturated rings. The van der Waals surface area contributed by atoms with Gasteiger partial charge in [0.2, 0.25) is 0 Å². The molecule has 0 spiro atoms. The summed E-state index contributed by atoms with van der Waals surface area (Å²) < 4.78 is 9.43. The first-order valence-electron chi connectivity index (χ1n) is 5.33. The van der Waals surface area contributed by atoms with Gasteiger partial charge in [0.15, 0.2) is 11.5 Å². The first kappa shape index (κ1) is 13.0. The van der Waals surface area contributed by atoms with Gasteiger partial charge >= 0.3 is 5.97 Å². The van der Waals surface area contributed by atoms with Crippen LogP contribution in [0.5, 0.6) is 0 Å². The first-order valence-corrected chi connectivity index (χ1v) is 5.33. The van der Waals surface area contributed by atoms with E-state index in [1.54, 1.807) is 12.1 Å². The second-order valence-corrected chi connectivity index (χ2v) is 3.33. The largest absolute Gasteiger partial charge is 0.469 e. The van der Waals surface area contributed by atoms with E-state index in [2.05, 4.69) is 16.6 Å². The fourth-order valence-corrected chi connectivity index (χ4v) is 1.18. The number of carbonyl (C=O) groups is 2. The number of esters is 1. The molecule has 0 aliphatic rings. The highest BCUT2D eigenvalue weighted by atomic mass is 16.5. The molecule has 0 amide bonds. The van der Waals surface area contributed by atoms with Crippen LogP contribution in [0.4, 0.5) is 0 Å². The number of carbonyl (C=O) groups excluding carboxylic acids is 2. The van der Waals surface area contributed by atoms with Gasteiger partial charge in [0.05, 0.1) is 19.8 Å². The van der Waals surface area contributed by atoms with Crippen LogP contribution in [-0.4, -0.2) is 18.9 Å². The Balaban J connectivity index is 2.18. The average Bonchev–Trinajstić information content (AvgIpc) is 2.86. The summed E-state index contributed by atoms with van der Waals surface area (Å²) in [5, 5.41) is 0. The number of hydrogen-bond donors (Lipinski definition) is 0. The maximum atomic E-state index is 11.5. The summed E-state index contributed by atoms with van der Waals surface area (Å²) in [7, 11) is 1.35. The highest BCUT2D eigenvalue weighted by Crippen LogP contribution is 2.05. The van der Waals surface area contributed by atoms with Gasteiger partial charge in [0.1, 0.15) is 0 Å². The summed E-state index contributed by atoms with van der Waals surface area (Å²) in [5.74, 6) is 5.69. The Morgan fingerprint density at radius 1 is 1.29 bits per heavy atom. The van der Waals surface area contributed by atoms with Crippen LogP contribution in [0.1, 0.15) is 36.2 Å². The molecule has 0 bridgehead atoms. The lowest BCUT2D eigenvalue weighted by atomic mass is 10.2. The van der Waals surface area contributed by atoms with Crippen molar-refractivity contribution in [3.05, 3.63) is 24.2 Å². The molecule has 1 aromatic heterocycles. The van der Waals surface area contributed by atoms with Gasteiger partial charge in [-0.1, -0.05) is 0 Å². The Kier molecular flexibility index (Phi) is 5.59. The molecule has 17 heavy (non-hydrogen) atoms. The molecule has 0 N–H and O–H groups in total. The normalized spacial score (nSPS) is 9.24. The van der Waals surface area contributed by atoms with Crippen LogP contribution in [0.25, 0.3) is 0 Å². The van der Waals surface area contributed by atoms with Gasteiger partial charge in [-0.2, -0.15) is 0 Å². The molecule has 1 rings (SSSR count). The molecule has 0 saturated heterocycles. The second-order valence-electron chi connectivity index (χ2n) is 3.33. The third kappa shape index (κ3) is 5.03. The minimum Gasteiger partial charge on any atom is -0.469 e. The van der Waals surface area contributed by atoms with Gasteiger partial charge in [-0.05, 0) is 12.1 Å². The molecule has 0 radical (unpaired) electrons. The number of ketones is 1. The van der Waals surface area contributed by atoms with Crippen molar-refractivity contribution >= 4 is 11.8 Å². The van der Waals surface area contributed by atoms with Gasteiger partial charge in [0, 0.05) is 19.3 Å². The molecule has 4 heteroatoms. The van der Waals surface area contributed by atoms with Gasteiger partial charge in [-0.3, -0.25) is 9.59 Å². The van der Waals surface area contributed by atoms with E-state index in [0.29, 0.717) is 25.0 Å². The highest BCUT2D eigenvalue weighted by Gasteiger charge is 2.06. The molecule has 0 aromatic carbocycles. The second kappa shape index (κ2) is 7.29. The van der Waals surface area contributed by atoms with E-state index in [1.165, 1.54) is 13.4 Å². The topological polar surface area (TPSA) is 56.5 Å². The summed E-state index contributed by atoms with van der Waals surface area (Å²) in [6, 6.07) is 3.31. The number of furan rings is 1. The average molecular weight is 234 g/mol. The standard InChI is InChI=1S/C13H14O4/c1-16-13(15)9-5-3-2-4-7-11(14)12-8-6-10-17-12/h6,8,10H,4-5,7,9H2,1H3. The molecule has 0 saturated carbocycles. The van der Waals surface area contributed by atoms with Crippen molar-refractivity contribution in [3.63, 3.8) is 0 Å². The van der Waals surface area contributed by atoms with Crippen molar-refractivity contribution in [1.82, 2.24) is 0 Å². The van der Waals surface area contributed by atoms with Crippen LogP contribution in [0.15, 0.2) is 22.8 Å². The zero-order chi connectivity index (χ0) is 12.5. The molecule has 0 aliphatic heterocycles. The van der Waals surface area contributed by atoms with Crippen molar-refractivity contribution in [2.45, 2.75) is 25.7 Å². The Morgan fingerprint density at radius 2 is 2.00 bits per heavy atom. The molecular formula is C13H14O4. The molecule has 90 valence electrons. The lowest BCUT2D eigenvalue weighted by Gasteiger charge is -1.92. The smallest absolute Gasteiger partial charge is 0.306 e. The summed E-state index contributed by atoms with van der Waals surface area (Å²) >= 11 is 0. The van der Waals surface area contributed by atoms with E-state index in [9.17, 15) is 9.59 Å². The number of Topliss-reactive ketones (excluding diaryl/α,β-unsaturated/α-hetero) is 1. The van der Waals surface area contributed by atoms with E-state index in [0.717, 1.165) is 0 Å². The minimum absolute atomic E-state index is 0.0581. The summed E-state index contributed by atoms with van der Waals surface area (Å²) in [6.45, 7) is 0. The zero-order valence-corrected chi connectivity index (χ0v) is 9.69. The van der Waals surface area contributed by atoms with E-state index in [4.69, 9.17) is 4.42 Å². The molecule has 0 atom stereocenters. The fraction of sp³-hybridized carbons (Fsp3) is 0.385. The van der Waals surface area contributed by atoms with Crippen LogP contribution in [0.2, 0.25) is 0 Å². The lowest BCUT2D eigenvalue weighted by Crippen LogP contribution is -1.98. The summed E-state index contributed by atoms with van der Waals surface area (Å²) in [5.41, 5.74) is 0. The number of ether oxygens (including phenoxy) is 1. The maximum Gasteiger partial charge on any atom is 0.306 e. The van der Waals surface area contributed by atoms with Crippen LogP contribution in [0, 0.1) is 11.8 Å². The molecule has 0 unspecified atom stereocenters. The molecule has 4 nitrogen and oxygen atoms in total. The van der Waals surface area contributed by atoms with Crippen LogP contribution in [-0.2, 0) is 9.53 Å². The maximum absolute atomic E-state index is 11.5. The Hall–Kier alpha value is -2.02. The quantitative estimate of drug-likeness (QED) is 0.445. The summed E-state index contributed by atoms with van der Waals surface area (Å²) in [6.07, 6.45) is 3.02. The third-order valence-corrected chi connectivity index (χ3v) is 2.08. The molecule has 0 aliphatic carbocycles. The van der Waals surface area contributed by atoms with Crippen molar-refractivity contribution in [2.75, 3.05) is 7.11 Å². The van der Waals surface area contributed by atoms with Gasteiger partial charge in [-0.25, -0.2) is 0 Å². The SMILES string of the molecule is COC(=O)CCC#CCCC(=O)c1ccco1. The Bertz CT molecular complexity index is 420. The van der Waals surface area contributed by atoms with Crippen LogP contribution >= 0.6 is 0 Å². The highest BCUT2D eigenvalue weighted by molar-refractivity contribution is 5.93. The number of hydrogen-bond acceptors (Lipinski definition) is 4. The van der Waals surface area contributed by atoms with Gasteiger partial charge < -0.3 is 9.15 Å². The first-order chi connectivity index (χ1) is 8.24. The predicted molar refractivity (Wildman–Crippen MR) is 61.3 cm³/mol. The minimum atomic E-state index is -0.272. The van der Waals surface area contributed by atoms with E-state index < -0.39 is 0 Å². The lowest BCUT2D eigenvalue weighted by molar-refractivity contribution is -0.140. The fourth-order valence-electron chi connectivity index (χ4n) is 1.18. The van der Waals surface area contributed by atoms with Gasteiger partial charge in [-0.15, -0.1) is 11.8 Å². The van der Waals surface area contributed by atoms with Crippen molar-refractivity contribution in [3.8, 4) is 11.8 Å². The predicted octanol–water partition coefficient (Wildman–Crippen LogP) is 2.20. The van der Waals surface area contributed by atoms with Crippen molar-refractivity contribution in [1.29, 1.82) is 0 Å². The van der Waals surface area contributed by atoms with Crippen LogP contribution in [0.3, 0.4) is 0 Å². The van der Waals surface area contributed by atoms with Crippen molar-refractivity contribution < 1.29 is 18.7 Å². The number of rotatable bonds is 5. The van der Waals surface area contributed by atoms with Crippen molar-refractivity contribution in [2.24, 2.45) is 0 Å². The van der Waals surface area contributed by atoms with Gasteiger partial charge in [0.25, 0.3) is 0 Å². The Labute approximate surface area is 99.9 Å². The van der Waals surface area contributed by atoms with E-state index in [1.807, 2.05) is 0 Å². The third-order valence-electron chi connectivity index (χ3n) is 2.08. The molecule has 1 heterocycles. The van der Waals surface area contributed by atoms with E-state index in [-0.39, 0.29) is 18.2 Å². The molecular weight excluding hydrogens is 220 g/mol. The monoisotopic (exact) mass is 234 g/mol. The zero-order valence-electron chi connectivity index (χ0n) is 9.69. The van der Waals surface area contributed by atoms with E-state index >= 15 is 0 Å². The number of methoxy groups -OCH3 is 1. The summed E-state index contributed by atoms with van der Waals surface area (Å²) in [4.78, 5) is 22.2.